The molecule has 0 fully saturated rings. The number of nitro groups is 1. The molecule has 0 unspecified atom stereocenters. The van der Waals surface area contributed by atoms with Gasteiger partial charge in [-0.2, -0.15) is 0 Å². The fourth-order valence-electron chi connectivity index (χ4n) is 1.72. The molecule has 0 aliphatic rings. The molecule has 0 atom stereocenters. The van der Waals surface area contributed by atoms with Gasteiger partial charge in [-0.25, -0.2) is 0 Å². The minimum Gasteiger partial charge on any atom is -0.490 e. The molecule has 1 heterocycles. The SMILES string of the molecule is COc1c(-c2nnn(C)c2C)cccc1[N+](=O)[O-]. The van der Waals surface area contributed by atoms with E-state index in [1.54, 1.807) is 23.9 Å². The molecule has 18 heavy (non-hydrogen) atoms. The lowest BCUT2D eigenvalue weighted by molar-refractivity contribution is -0.385. The van der Waals surface area contributed by atoms with Crippen LogP contribution in [-0.2, 0) is 7.05 Å². The molecular formula is C11H12N4O3. The summed E-state index contributed by atoms with van der Waals surface area (Å²) in [5.74, 6) is 0.200. The number of aryl methyl sites for hydroxylation is 1. The van der Waals surface area contributed by atoms with E-state index in [2.05, 4.69) is 10.3 Å². The molecule has 0 radical (unpaired) electrons. The van der Waals surface area contributed by atoms with Crippen LogP contribution in [0.1, 0.15) is 5.69 Å². The lowest BCUT2D eigenvalue weighted by atomic mass is 10.1. The number of nitrogens with zero attached hydrogens (tertiary/aromatic N) is 4. The zero-order chi connectivity index (χ0) is 13.3. The normalized spacial score (nSPS) is 10.4. The van der Waals surface area contributed by atoms with Crippen molar-refractivity contribution in [1.29, 1.82) is 0 Å². The van der Waals surface area contributed by atoms with E-state index in [1.165, 1.54) is 13.2 Å². The molecule has 0 aliphatic carbocycles. The van der Waals surface area contributed by atoms with Crippen LogP contribution in [-0.4, -0.2) is 27.0 Å². The zero-order valence-corrected chi connectivity index (χ0v) is 10.2. The number of ether oxygens (including phenoxy) is 1. The molecule has 94 valence electrons. The van der Waals surface area contributed by atoms with E-state index >= 15 is 0 Å². The van der Waals surface area contributed by atoms with Crippen LogP contribution < -0.4 is 4.74 Å². The monoisotopic (exact) mass is 248 g/mol. The fraction of sp³-hybridized carbons (Fsp3) is 0.273. The highest BCUT2D eigenvalue weighted by Gasteiger charge is 2.22. The number of para-hydroxylation sites is 1. The molecular weight excluding hydrogens is 236 g/mol. The Labute approximate surface area is 103 Å². The van der Waals surface area contributed by atoms with Crippen molar-refractivity contribution in [3.8, 4) is 17.0 Å². The molecule has 2 aromatic rings. The van der Waals surface area contributed by atoms with Gasteiger partial charge in [0.05, 0.1) is 23.3 Å². The standard InChI is InChI=1S/C11H12N4O3/c1-7-10(12-13-14(7)2)8-5-4-6-9(15(16)17)11(8)18-3/h4-6H,1-3H3. The first-order valence-corrected chi connectivity index (χ1v) is 5.24. The first kappa shape index (κ1) is 12.0. The lowest BCUT2D eigenvalue weighted by Gasteiger charge is -2.07. The first-order chi connectivity index (χ1) is 8.56. The molecule has 0 amide bonds. The van der Waals surface area contributed by atoms with Gasteiger partial charge in [0, 0.05) is 13.1 Å². The third kappa shape index (κ3) is 1.79. The molecule has 0 saturated heterocycles. The number of nitro benzene ring substituents is 1. The summed E-state index contributed by atoms with van der Waals surface area (Å²) in [6.07, 6.45) is 0. The maximum absolute atomic E-state index is 10.9. The summed E-state index contributed by atoms with van der Waals surface area (Å²) in [6.45, 7) is 1.84. The van der Waals surface area contributed by atoms with Gasteiger partial charge < -0.3 is 4.74 Å². The van der Waals surface area contributed by atoms with Crippen molar-refractivity contribution in [3.63, 3.8) is 0 Å². The number of hydrogen-bond acceptors (Lipinski definition) is 5. The Balaban J connectivity index is 2.68. The van der Waals surface area contributed by atoms with Crippen LogP contribution >= 0.6 is 0 Å². The van der Waals surface area contributed by atoms with Crippen molar-refractivity contribution in [1.82, 2.24) is 15.0 Å². The highest BCUT2D eigenvalue weighted by molar-refractivity contribution is 5.74. The van der Waals surface area contributed by atoms with Gasteiger partial charge >= 0.3 is 5.69 Å². The Morgan fingerprint density at radius 3 is 2.67 bits per heavy atom. The largest absolute Gasteiger partial charge is 0.490 e. The van der Waals surface area contributed by atoms with Crippen molar-refractivity contribution in [2.75, 3.05) is 7.11 Å². The van der Waals surface area contributed by atoms with E-state index < -0.39 is 4.92 Å². The van der Waals surface area contributed by atoms with E-state index in [4.69, 9.17) is 4.74 Å². The number of aromatic nitrogens is 3. The van der Waals surface area contributed by atoms with Crippen LogP contribution in [0.3, 0.4) is 0 Å². The number of rotatable bonds is 3. The molecule has 7 heteroatoms. The van der Waals surface area contributed by atoms with Gasteiger partial charge in [0.2, 0.25) is 5.75 Å². The summed E-state index contributed by atoms with van der Waals surface area (Å²) in [4.78, 5) is 10.5. The second-order valence-corrected chi connectivity index (χ2v) is 3.76. The first-order valence-electron chi connectivity index (χ1n) is 5.24. The third-order valence-corrected chi connectivity index (χ3v) is 2.76. The zero-order valence-electron chi connectivity index (χ0n) is 10.2. The summed E-state index contributed by atoms with van der Waals surface area (Å²) in [5.41, 5.74) is 1.88. The summed E-state index contributed by atoms with van der Waals surface area (Å²) in [6, 6.07) is 4.72. The van der Waals surface area contributed by atoms with Gasteiger partial charge in [-0.3, -0.25) is 14.8 Å². The third-order valence-electron chi connectivity index (χ3n) is 2.76. The van der Waals surface area contributed by atoms with Crippen LogP contribution in [0, 0.1) is 17.0 Å². The Hall–Kier alpha value is -2.44. The number of benzene rings is 1. The van der Waals surface area contributed by atoms with E-state index in [-0.39, 0.29) is 11.4 Å². The van der Waals surface area contributed by atoms with E-state index in [0.29, 0.717) is 11.3 Å². The van der Waals surface area contributed by atoms with Gasteiger partial charge in [-0.15, -0.1) is 5.10 Å². The topological polar surface area (TPSA) is 83.1 Å². The highest BCUT2D eigenvalue weighted by Crippen LogP contribution is 2.37. The van der Waals surface area contributed by atoms with Gasteiger partial charge in [0.25, 0.3) is 0 Å². The minimum atomic E-state index is -0.478. The van der Waals surface area contributed by atoms with Crippen LogP contribution in [0.25, 0.3) is 11.3 Å². The summed E-state index contributed by atoms with van der Waals surface area (Å²) in [7, 11) is 3.16. The molecule has 0 saturated carbocycles. The van der Waals surface area contributed by atoms with Crippen molar-refractivity contribution in [3.05, 3.63) is 34.0 Å². The van der Waals surface area contributed by atoms with Crippen molar-refractivity contribution >= 4 is 5.69 Å². The Kier molecular flexibility index (Phi) is 2.97. The minimum absolute atomic E-state index is 0.0833. The summed E-state index contributed by atoms with van der Waals surface area (Å²) < 4.78 is 6.74. The predicted octanol–water partition coefficient (Wildman–Crippen LogP) is 1.71. The Bertz CT molecular complexity index is 606. The molecule has 2 rings (SSSR count). The van der Waals surface area contributed by atoms with Crippen LogP contribution in [0.4, 0.5) is 5.69 Å². The van der Waals surface area contributed by atoms with Crippen LogP contribution in [0.5, 0.6) is 5.75 Å². The van der Waals surface area contributed by atoms with Gasteiger partial charge in [-0.05, 0) is 13.0 Å². The highest BCUT2D eigenvalue weighted by atomic mass is 16.6. The Morgan fingerprint density at radius 1 is 1.44 bits per heavy atom. The molecule has 7 nitrogen and oxygen atoms in total. The van der Waals surface area contributed by atoms with E-state index in [0.717, 1.165) is 5.69 Å². The van der Waals surface area contributed by atoms with Crippen molar-refractivity contribution in [2.24, 2.45) is 7.05 Å². The summed E-state index contributed by atoms with van der Waals surface area (Å²) in [5, 5.41) is 18.8. The number of hydrogen-bond donors (Lipinski definition) is 0. The molecule has 0 bridgehead atoms. The van der Waals surface area contributed by atoms with E-state index in [1.807, 2.05) is 6.92 Å². The molecule has 0 spiro atoms. The molecule has 0 aliphatic heterocycles. The van der Waals surface area contributed by atoms with Crippen molar-refractivity contribution < 1.29 is 9.66 Å². The van der Waals surface area contributed by atoms with Gasteiger partial charge in [0.1, 0.15) is 5.69 Å². The molecule has 1 aromatic carbocycles. The Morgan fingerprint density at radius 2 is 2.17 bits per heavy atom. The van der Waals surface area contributed by atoms with E-state index in [9.17, 15) is 10.1 Å². The van der Waals surface area contributed by atoms with Gasteiger partial charge in [0.15, 0.2) is 0 Å². The van der Waals surface area contributed by atoms with Crippen LogP contribution in [0.15, 0.2) is 18.2 Å². The lowest BCUT2D eigenvalue weighted by Crippen LogP contribution is -1.97. The van der Waals surface area contributed by atoms with Gasteiger partial charge in [-0.1, -0.05) is 11.3 Å². The fourth-order valence-corrected chi connectivity index (χ4v) is 1.72. The van der Waals surface area contributed by atoms with Crippen molar-refractivity contribution in [2.45, 2.75) is 6.92 Å². The average Bonchev–Trinajstić information content (AvgIpc) is 2.69. The number of methoxy groups -OCH3 is 1. The summed E-state index contributed by atoms with van der Waals surface area (Å²) >= 11 is 0. The maximum Gasteiger partial charge on any atom is 0.311 e. The molecule has 0 N–H and O–H groups in total. The second kappa shape index (κ2) is 4.44. The quantitative estimate of drug-likeness (QED) is 0.609. The maximum atomic E-state index is 10.9. The second-order valence-electron chi connectivity index (χ2n) is 3.76. The van der Waals surface area contributed by atoms with Crippen LogP contribution in [0.2, 0.25) is 0 Å². The predicted molar refractivity (Wildman–Crippen MR) is 64.4 cm³/mol. The smallest absolute Gasteiger partial charge is 0.311 e. The average molecular weight is 248 g/mol. The molecule has 1 aromatic heterocycles.